The number of benzene rings is 1. The zero-order valence-corrected chi connectivity index (χ0v) is 7.25. The summed E-state index contributed by atoms with van der Waals surface area (Å²) in [5.41, 5.74) is 1.72. The third-order valence-electron chi connectivity index (χ3n) is 1.71. The van der Waals surface area contributed by atoms with Gasteiger partial charge in [0.2, 0.25) is 0 Å². The van der Waals surface area contributed by atoms with Gasteiger partial charge in [0.15, 0.2) is 0 Å². The maximum atomic E-state index is 5.80. The van der Waals surface area contributed by atoms with Crippen molar-refractivity contribution in [2.45, 2.75) is 0 Å². The molecule has 2 rings (SSSR count). The molecule has 0 N–H and O–H groups in total. The molecule has 0 aliphatic heterocycles. The number of hydrogen-bond acceptors (Lipinski definition) is 2. The van der Waals surface area contributed by atoms with E-state index in [9.17, 15) is 0 Å². The smallest absolute Gasteiger partial charge is 0.121 e. The fourth-order valence-electron chi connectivity index (χ4n) is 1.09. The van der Waals surface area contributed by atoms with Crippen LogP contribution in [-0.2, 0) is 0 Å². The molecule has 0 aliphatic rings. The van der Waals surface area contributed by atoms with Crippen molar-refractivity contribution >= 4 is 22.8 Å². The number of fused-ring (bicyclic) bond motifs is 1. The largest absolute Gasteiger partial charge is 0.497 e. The summed E-state index contributed by atoms with van der Waals surface area (Å²) in [5, 5.41) is 0. The number of halogens is 1. The molecule has 0 aliphatic carbocycles. The lowest BCUT2D eigenvalue weighted by molar-refractivity contribution is 0.415. The Bertz CT molecular complexity index is 410. The second-order valence-electron chi connectivity index (χ2n) is 2.41. The lowest BCUT2D eigenvalue weighted by Crippen LogP contribution is -1.82. The van der Waals surface area contributed by atoms with Crippen LogP contribution in [0.4, 0.5) is 0 Å². The van der Waals surface area contributed by atoms with Gasteiger partial charge in [-0.25, -0.2) is 9.07 Å². The second kappa shape index (κ2) is 2.68. The van der Waals surface area contributed by atoms with Crippen LogP contribution in [0.1, 0.15) is 0 Å². The first-order valence-electron chi connectivity index (χ1n) is 3.48. The van der Waals surface area contributed by atoms with Crippen molar-refractivity contribution in [2.75, 3.05) is 7.11 Å². The van der Waals surface area contributed by atoms with Gasteiger partial charge in [-0.15, -0.1) is 0 Å². The molecule has 0 spiro atoms. The maximum Gasteiger partial charge on any atom is 0.121 e. The number of methoxy groups -OCH3 is 1. The Hall–Kier alpha value is -1.22. The molecule has 12 heavy (non-hydrogen) atoms. The van der Waals surface area contributed by atoms with E-state index >= 15 is 0 Å². The number of hydrogen-bond donors (Lipinski definition) is 0. The Balaban J connectivity index is 2.71. The zero-order chi connectivity index (χ0) is 8.55. The molecular weight excluding hydrogens is 176 g/mol. The minimum atomic E-state index is 0.782. The van der Waals surface area contributed by atoms with Gasteiger partial charge in [0.25, 0.3) is 0 Å². The van der Waals surface area contributed by atoms with Crippen LogP contribution >= 0.6 is 11.8 Å². The normalized spacial score (nSPS) is 10.5. The van der Waals surface area contributed by atoms with Crippen molar-refractivity contribution in [3.63, 3.8) is 0 Å². The Morgan fingerprint density at radius 1 is 1.50 bits per heavy atom. The monoisotopic (exact) mass is 182 g/mol. The van der Waals surface area contributed by atoms with E-state index in [0.717, 1.165) is 16.8 Å². The van der Waals surface area contributed by atoms with Crippen molar-refractivity contribution in [1.82, 2.24) is 9.07 Å². The van der Waals surface area contributed by atoms with E-state index in [0.29, 0.717) is 0 Å². The number of rotatable bonds is 1. The number of aromatic nitrogens is 2. The Labute approximate surface area is 74.6 Å². The summed E-state index contributed by atoms with van der Waals surface area (Å²) in [6.45, 7) is 0. The number of ether oxygens (including phenoxy) is 1. The molecule has 0 amide bonds. The summed E-state index contributed by atoms with van der Waals surface area (Å²) < 4.78 is 6.49. The minimum absolute atomic E-state index is 0.782. The third-order valence-corrected chi connectivity index (χ3v) is 1.98. The molecule has 0 saturated carbocycles. The lowest BCUT2D eigenvalue weighted by Gasteiger charge is -1.98. The van der Waals surface area contributed by atoms with Crippen LogP contribution < -0.4 is 4.74 Å². The van der Waals surface area contributed by atoms with Crippen molar-refractivity contribution in [1.29, 1.82) is 0 Å². The predicted octanol–water partition coefficient (Wildman–Crippen LogP) is 2.05. The van der Waals surface area contributed by atoms with E-state index in [4.69, 9.17) is 16.5 Å². The van der Waals surface area contributed by atoms with E-state index < -0.39 is 0 Å². The molecule has 62 valence electrons. The zero-order valence-electron chi connectivity index (χ0n) is 6.49. The summed E-state index contributed by atoms with van der Waals surface area (Å²) in [7, 11) is 1.62. The minimum Gasteiger partial charge on any atom is -0.497 e. The second-order valence-corrected chi connectivity index (χ2v) is 2.77. The average Bonchev–Trinajstić information content (AvgIpc) is 2.47. The highest BCUT2D eigenvalue weighted by Gasteiger charge is 2.01. The van der Waals surface area contributed by atoms with Crippen LogP contribution in [0.15, 0.2) is 24.5 Å². The van der Waals surface area contributed by atoms with Crippen molar-refractivity contribution < 1.29 is 4.74 Å². The SMILES string of the molecule is COc1ccc2ncn(Cl)c2c1. The highest BCUT2D eigenvalue weighted by molar-refractivity contribution is 6.18. The van der Waals surface area contributed by atoms with Gasteiger partial charge in [0.1, 0.15) is 12.1 Å². The van der Waals surface area contributed by atoms with Crippen LogP contribution in [0, 0.1) is 0 Å². The van der Waals surface area contributed by atoms with Gasteiger partial charge >= 0.3 is 0 Å². The molecule has 1 aromatic heterocycles. The Morgan fingerprint density at radius 3 is 3.08 bits per heavy atom. The first-order valence-corrected chi connectivity index (χ1v) is 3.82. The lowest BCUT2D eigenvalue weighted by atomic mass is 10.3. The van der Waals surface area contributed by atoms with Crippen molar-refractivity contribution in [3.05, 3.63) is 24.5 Å². The molecule has 0 fully saturated rings. The highest BCUT2D eigenvalue weighted by Crippen LogP contribution is 2.19. The molecule has 3 nitrogen and oxygen atoms in total. The highest BCUT2D eigenvalue weighted by atomic mass is 35.5. The van der Waals surface area contributed by atoms with Crippen LogP contribution in [0.25, 0.3) is 11.0 Å². The predicted molar refractivity (Wildman–Crippen MR) is 47.5 cm³/mol. The quantitative estimate of drug-likeness (QED) is 0.675. The molecule has 1 aromatic carbocycles. The molecule has 1 heterocycles. The van der Waals surface area contributed by atoms with Crippen LogP contribution in [-0.4, -0.2) is 16.2 Å². The van der Waals surface area contributed by atoms with Gasteiger partial charge in [0.05, 0.1) is 18.1 Å². The first kappa shape index (κ1) is 7.43. The van der Waals surface area contributed by atoms with Gasteiger partial charge < -0.3 is 4.74 Å². The van der Waals surface area contributed by atoms with E-state index in [2.05, 4.69) is 4.98 Å². The maximum absolute atomic E-state index is 5.80. The van der Waals surface area contributed by atoms with Gasteiger partial charge in [0, 0.05) is 17.8 Å². The molecular formula is C8H7ClN2O. The number of imidazole rings is 1. The molecule has 0 bridgehead atoms. The van der Waals surface area contributed by atoms with Gasteiger partial charge in [-0.1, -0.05) is 0 Å². The molecule has 4 heteroatoms. The van der Waals surface area contributed by atoms with Gasteiger partial charge in [-0.3, -0.25) is 0 Å². The van der Waals surface area contributed by atoms with E-state index in [1.807, 2.05) is 18.2 Å². The summed E-state index contributed by atoms with van der Waals surface area (Å²) in [6.07, 6.45) is 1.56. The molecule has 0 radical (unpaired) electrons. The summed E-state index contributed by atoms with van der Waals surface area (Å²) in [6, 6.07) is 5.56. The Kier molecular flexibility index (Phi) is 1.66. The molecule has 0 saturated heterocycles. The van der Waals surface area contributed by atoms with Crippen LogP contribution in [0.5, 0.6) is 5.75 Å². The fraction of sp³-hybridized carbons (Fsp3) is 0.125. The summed E-state index contributed by atoms with van der Waals surface area (Å²) >= 11 is 5.80. The van der Waals surface area contributed by atoms with Crippen molar-refractivity contribution in [3.8, 4) is 5.75 Å². The van der Waals surface area contributed by atoms with E-state index in [1.165, 1.54) is 4.09 Å². The molecule has 2 aromatic rings. The fourth-order valence-corrected chi connectivity index (χ4v) is 1.26. The van der Waals surface area contributed by atoms with Gasteiger partial charge in [-0.2, -0.15) is 0 Å². The number of nitrogens with zero attached hydrogens (tertiary/aromatic N) is 2. The standard InChI is InChI=1S/C8H7ClN2O/c1-12-6-2-3-7-8(4-6)11(9)5-10-7/h2-5H,1H3. The topological polar surface area (TPSA) is 27.1 Å². The first-order chi connectivity index (χ1) is 5.81. The third kappa shape index (κ3) is 1.02. The average molecular weight is 183 g/mol. The van der Waals surface area contributed by atoms with Crippen molar-refractivity contribution in [2.24, 2.45) is 0 Å². The molecule has 0 atom stereocenters. The summed E-state index contributed by atoms with van der Waals surface area (Å²) in [5.74, 6) is 0.782. The van der Waals surface area contributed by atoms with E-state index in [1.54, 1.807) is 13.4 Å². The summed E-state index contributed by atoms with van der Waals surface area (Å²) in [4.78, 5) is 4.07. The van der Waals surface area contributed by atoms with Crippen LogP contribution in [0.3, 0.4) is 0 Å². The van der Waals surface area contributed by atoms with E-state index in [-0.39, 0.29) is 0 Å². The van der Waals surface area contributed by atoms with Crippen LogP contribution in [0.2, 0.25) is 0 Å². The molecule has 0 unspecified atom stereocenters. The Morgan fingerprint density at radius 2 is 2.33 bits per heavy atom. The van der Waals surface area contributed by atoms with Gasteiger partial charge in [-0.05, 0) is 12.1 Å².